The normalized spacial score (nSPS) is 12.8. The Balaban J connectivity index is 1.84. The van der Waals surface area contributed by atoms with Gasteiger partial charge in [-0.25, -0.2) is 0 Å². The third-order valence-corrected chi connectivity index (χ3v) is 13.3. The van der Waals surface area contributed by atoms with Gasteiger partial charge in [-0.2, -0.15) is 4.52 Å². The molecule has 2 aromatic rings. The maximum atomic E-state index is 12.7. The van der Waals surface area contributed by atoms with Gasteiger partial charge in [0.15, 0.2) is 11.5 Å². The second-order valence-electron chi connectivity index (χ2n) is 8.98. The number of hydrogen-bond acceptors (Lipinski definition) is 14. The average molecular weight is 785 g/mol. The van der Waals surface area contributed by atoms with Crippen LogP contribution in [0.1, 0.15) is 11.1 Å². The van der Waals surface area contributed by atoms with Gasteiger partial charge < -0.3 is 28.2 Å². The van der Waals surface area contributed by atoms with E-state index in [9.17, 15) is 13.9 Å². The van der Waals surface area contributed by atoms with Crippen LogP contribution < -0.4 is 14.7 Å². The van der Waals surface area contributed by atoms with Crippen molar-refractivity contribution >= 4 is 70.8 Å². The standard InChI is InChI=1S/C24H35N7O9P6S/c1-30(27-16-21-8-10-22(11-9-21)39-28-42-29-43-41-25)44(47)40-23-12-6-20(7-13-23)14-15-26-24(32)17-31(18-45(33,35-2)36-3)19-46(34,37-4)38-5/h6-13,16,25H,14-15,17-19H2,1-5H3/p+1. The van der Waals surface area contributed by atoms with Crippen LogP contribution in [0.25, 0.3) is 0 Å². The first-order valence-corrected chi connectivity index (χ1v) is 22.3. The smallest absolute Gasteiger partial charge is 0.355 e. The summed E-state index contributed by atoms with van der Waals surface area (Å²) in [4.78, 5) is 23.1. The lowest BCUT2D eigenvalue weighted by Crippen LogP contribution is -2.39. The van der Waals surface area contributed by atoms with E-state index in [1.54, 1.807) is 42.3 Å². The third-order valence-electron chi connectivity index (χ3n) is 5.87. The highest BCUT2D eigenvalue weighted by atomic mass is 32.4. The zero-order valence-corrected chi connectivity index (χ0v) is 32.4. The van der Waals surface area contributed by atoms with Gasteiger partial charge in [0.1, 0.15) is 12.6 Å². The molecule has 23 heteroatoms. The lowest BCUT2D eigenvalue weighted by atomic mass is 10.1. The molecule has 2 rings (SSSR count). The highest BCUT2D eigenvalue weighted by Gasteiger charge is 2.32. The van der Waals surface area contributed by atoms with E-state index in [4.69, 9.17) is 44.4 Å². The van der Waals surface area contributed by atoms with E-state index in [1.807, 2.05) is 24.3 Å². The number of benzene rings is 2. The lowest BCUT2D eigenvalue weighted by Gasteiger charge is -2.27. The molecular formula is C24H36N7O9P6S+. The Kier molecular flexibility index (Phi) is 19.2. The molecule has 0 aliphatic rings. The Labute approximate surface area is 284 Å². The largest absolute Gasteiger partial charge is 0.540 e. The first-order valence-electron chi connectivity index (χ1n) is 13.3. The summed E-state index contributed by atoms with van der Waals surface area (Å²) in [6.07, 6.45) is 1.61. The molecule has 0 spiro atoms. The van der Waals surface area contributed by atoms with Crippen LogP contribution in [0.3, 0.4) is 0 Å². The lowest BCUT2D eigenvalue weighted by molar-refractivity contribution is -0.121. The summed E-state index contributed by atoms with van der Waals surface area (Å²) in [7, 11) is -0.507. The van der Waals surface area contributed by atoms with Gasteiger partial charge in [0.05, 0.1) is 35.9 Å². The van der Waals surface area contributed by atoms with Crippen molar-refractivity contribution in [1.29, 1.82) is 5.16 Å². The zero-order chi connectivity index (χ0) is 34.7. The molecule has 0 aliphatic heterocycles. The molecule has 0 bridgehead atoms. The molecule has 0 saturated heterocycles. The summed E-state index contributed by atoms with van der Waals surface area (Å²) < 4.78 is 56.6. The van der Waals surface area contributed by atoms with E-state index in [-0.39, 0.29) is 25.0 Å². The second-order valence-corrected chi connectivity index (χ2v) is 18.2. The van der Waals surface area contributed by atoms with Crippen LogP contribution in [0.5, 0.6) is 11.5 Å². The minimum atomic E-state index is -3.55. The topological polar surface area (TPSA) is 186 Å². The van der Waals surface area contributed by atoms with E-state index in [2.05, 4.69) is 19.8 Å². The van der Waals surface area contributed by atoms with Gasteiger partial charge in [0.25, 0.3) is 0 Å². The molecule has 2 aromatic carbocycles. The van der Waals surface area contributed by atoms with Gasteiger partial charge >= 0.3 is 22.3 Å². The monoisotopic (exact) mass is 784 g/mol. The first-order chi connectivity index (χ1) is 22.5. The molecule has 1 amide bonds. The van der Waals surface area contributed by atoms with Gasteiger partial charge in [-0.15, -0.1) is 5.10 Å². The summed E-state index contributed by atoms with van der Waals surface area (Å²) >= 11 is 5.50. The Morgan fingerprint density at radius 2 is 1.55 bits per heavy atom. The average Bonchev–Trinajstić information content (AvgIpc) is 3.08. The Hall–Kier alpha value is -1.94. The fraction of sp³-hybridized carbons (Fsp3) is 0.417. The molecule has 0 aliphatic carbocycles. The summed E-state index contributed by atoms with van der Waals surface area (Å²) in [5, 5.41) is 14.2. The molecule has 1 unspecified atom stereocenters. The Morgan fingerprint density at radius 3 is 2.11 bits per heavy atom. The fourth-order valence-corrected chi connectivity index (χ4v) is 7.90. The summed E-state index contributed by atoms with van der Waals surface area (Å²) in [6, 6.07) is 14.5. The van der Waals surface area contributed by atoms with Crippen molar-refractivity contribution in [3.63, 3.8) is 0 Å². The van der Waals surface area contributed by atoms with Crippen LogP contribution in [-0.2, 0) is 50.2 Å². The molecule has 0 radical (unpaired) electrons. The summed E-state index contributed by atoms with van der Waals surface area (Å²) in [5.41, 5.74) is 1.78. The third kappa shape index (κ3) is 15.9. The van der Waals surface area contributed by atoms with Crippen LogP contribution in [0.4, 0.5) is 0 Å². The minimum absolute atomic E-state index is 0.237. The number of hydrazone groups is 1. The molecule has 1 atom stereocenters. The van der Waals surface area contributed by atoms with Gasteiger partial charge in [0.2, 0.25) is 26.2 Å². The van der Waals surface area contributed by atoms with Gasteiger partial charge in [-0.1, -0.05) is 16.9 Å². The molecule has 256 valence electrons. The Bertz CT molecular complexity index is 1460. The summed E-state index contributed by atoms with van der Waals surface area (Å²) in [6.45, 7) is 0.0825. The zero-order valence-electron chi connectivity index (χ0n) is 26.2. The second kappa shape index (κ2) is 21.9. The molecular weight excluding hydrogens is 748 g/mol. The summed E-state index contributed by atoms with van der Waals surface area (Å²) in [5.74, 6) is 0.752. The van der Waals surface area contributed by atoms with Crippen molar-refractivity contribution < 1.29 is 41.4 Å². The maximum Gasteiger partial charge on any atom is 0.540 e. The predicted octanol–water partition coefficient (Wildman–Crippen LogP) is 7.74. The van der Waals surface area contributed by atoms with Crippen molar-refractivity contribution in [2.75, 3.05) is 61.1 Å². The number of nitrogens with zero attached hydrogens (tertiary/aromatic N) is 5. The van der Waals surface area contributed by atoms with Gasteiger partial charge in [-0.05, 0) is 58.9 Å². The number of nitrogens with one attached hydrogen (secondary N) is 2. The molecule has 0 aromatic heterocycles. The minimum Gasteiger partial charge on any atom is -0.355 e. The molecule has 0 heterocycles. The molecule has 47 heavy (non-hydrogen) atoms. The highest BCUT2D eigenvalue weighted by Crippen LogP contribution is 2.51. The van der Waals surface area contributed by atoms with E-state index >= 15 is 0 Å². The number of rotatable bonds is 22. The number of hydrogen-bond donors (Lipinski definition) is 2. The van der Waals surface area contributed by atoms with Crippen LogP contribution in [0, 0.1) is 5.16 Å². The van der Waals surface area contributed by atoms with Crippen molar-refractivity contribution in [2.45, 2.75) is 6.42 Å². The molecule has 0 saturated carbocycles. The van der Waals surface area contributed by atoms with Crippen LogP contribution in [-0.4, -0.2) is 82.9 Å². The maximum absolute atomic E-state index is 12.7. The first kappa shape index (κ1) is 41.2. The van der Waals surface area contributed by atoms with E-state index < -0.39 is 22.3 Å². The van der Waals surface area contributed by atoms with Crippen LogP contribution in [0.2, 0.25) is 0 Å². The molecule has 16 nitrogen and oxygen atoms in total. The van der Waals surface area contributed by atoms with Crippen molar-refractivity contribution in [1.82, 2.24) is 15.0 Å². The Morgan fingerprint density at radius 1 is 0.979 bits per heavy atom. The van der Waals surface area contributed by atoms with Crippen LogP contribution >= 0.6 is 46.9 Å². The molecule has 2 N–H and O–H groups in total. The van der Waals surface area contributed by atoms with Gasteiger partial charge in [-0.3, -0.25) is 28.5 Å². The number of carbonyl (C=O) groups is 1. The van der Waals surface area contributed by atoms with E-state index in [1.165, 1.54) is 33.3 Å². The van der Waals surface area contributed by atoms with E-state index in [0.29, 0.717) is 49.1 Å². The highest BCUT2D eigenvalue weighted by molar-refractivity contribution is 8.02. The van der Waals surface area contributed by atoms with E-state index in [0.717, 1.165) is 11.1 Å². The predicted molar refractivity (Wildman–Crippen MR) is 189 cm³/mol. The molecule has 0 fully saturated rings. The number of amides is 1. The quantitative estimate of drug-likeness (QED) is 0.0673. The van der Waals surface area contributed by atoms with Crippen molar-refractivity contribution in [2.24, 2.45) is 14.5 Å². The SMILES string of the molecule is COP(=O)(CN(CC(=O)NCCc1ccc(O[P+](=S)N(C)N=Cc2ccc(ON=PN=PP=N)cc2)cc1)CP(=O)(OC)OC)OC. The fourth-order valence-electron chi connectivity index (χ4n) is 3.41. The number of carbonyl (C=O) groups excluding carboxylic acids is 1. The van der Waals surface area contributed by atoms with Crippen molar-refractivity contribution in [3.05, 3.63) is 59.7 Å². The van der Waals surface area contributed by atoms with Crippen molar-refractivity contribution in [3.8, 4) is 11.5 Å². The van der Waals surface area contributed by atoms with Gasteiger partial charge in [0, 0.05) is 35.0 Å². The van der Waals surface area contributed by atoms with Crippen LogP contribution in [0.15, 0.2) is 63.1 Å².